The van der Waals surface area contributed by atoms with Crippen molar-refractivity contribution >= 4 is 11.6 Å². The third kappa shape index (κ3) is 2.32. The lowest BCUT2D eigenvalue weighted by molar-refractivity contribution is -0.0455. The fourth-order valence-electron chi connectivity index (χ4n) is 3.73. The van der Waals surface area contributed by atoms with Gasteiger partial charge in [0.1, 0.15) is 18.5 Å². The normalized spacial score (nSPS) is 34.4. The molecule has 1 saturated heterocycles. The number of likely N-dealkylation sites (tertiary alicyclic amines) is 1. The van der Waals surface area contributed by atoms with Gasteiger partial charge < -0.3 is 9.84 Å². The number of piperidine rings is 1. The monoisotopic (exact) mass is 295 g/mol. The van der Waals surface area contributed by atoms with Gasteiger partial charge in [-0.1, -0.05) is 30.2 Å². The van der Waals surface area contributed by atoms with Gasteiger partial charge in [-0.05, 0) is 32.8 Å². The second-order valence-electron chi connectivity index (χ2n) is 6.06. The van der Waals surface area contributed by atoms with E-state index in [9.17, 15) is 5.11 Å². The predicted octanol–water partition coefficient (Wildman–Crippen LogP) is 3.40. The highest BCUT2D eigenvalue weighted by Gasteiger charge is 2.40. The summed E-state index contributed by atoms with van der Waals surface area (Å²) >= 11 is 6.24. The summed E-state index contributed by atoms with van der Waals surface area (Å²) in [6, 6.07) is 6.75. The molecule has 1 aromatic carbocycles. The van der Waals surface area contributed by atoms with E-state index in [-0.39, 0.29) is 6.04 Å². The quantitative estimate of drug-likeness (QED) is 0.862. The Morgan fingerprint density at radius 1 is 1.25 bits per heavy atom. The lowest BCUT2D eigenvalue weighted by atomic mass is 9.89. The molecule has 3 rings (SSSR count). The van der Waals surface area contributed by atoms with E-state index in [0.29, 0.717) is 23.7 Å². The number of aliphatic hydroxyl groups is 1. The average molecular weight is 296 g/mol. The number of fused-ring (bicyclic) bond motifs is 1. The van der Waals surface area contributed by atoms with E-state index in [1.54, 1.807) is 0 Å². The topological polar surface area (TPSA) is 32.7 Å². The van der Waals surface area contributed by atoms with E-state index < -0.39 is 6.10 Å². The maximum atomic E-state index is 10.5. The fraction of sp³-hybridized carbons (Fsp3) is 0.625. The molecule has 0 saturated carbocycles. The molecule has 3 nitrogen and oxygen atoms in total. The second-order valence-corrected chi connectivity index (χ2v) is 6.46. The molecule has 2 aliphatic heterocycles. The molecule has 4 heteroatoms. The minimum atomic E-state index is -0.496. The Kier molecular flexibility index (Phi) is 3.93. The van der Waals surface area contributed by atoms with Crippen LogP contribution in [0, 0.1) is 0 Å². The second kappa shape index (κ2) is 5.55. The Labute approximate surface area is 125 Å². The first-order valence-corrected chi connectivity index (χ1v) is 7.84. The van der Waals surface area contributed by atoms with Crippen molar-refractivity contribution in [2.75, 3.05) is 6.61 Å². The van der Waals surface area contributed by atoms with Crippen LogP contribution in [-0.4, -0.2) is 34.8 Å². The highest BCUT2D eigenvalue weighted by Crippen LogP contribution is 2.43. The number of hydrogen-bond acceptors (Lipinski definition) is 3. The summed E-state index contributed by atoms with van der Waals surface area (Å²) in [5.74, 6) is 0.745. The Bertz CT molecular complexity index is 483. The minimum absolute atomic E-state index is 0.0113. The molecule has 0 aromatic heterocycles. The third-order valence-corrected chi connectivity index (χ3v) is 4.96. The van der Waals surface area contributed by atoms with E-state index in [4.69, 9.17) is 16.3 Å². The van der Waals surface area contributed by atoms with E-state index in [1.165, 1.54) is 19.3 Å². The standard InChI is InChI=1S/C16H22ClNO2/c1-10-5-3-6-11(2)18(10)15-12-7-4-8-13(17)16(12)20-9-14(15)19/h4,7-8,10-11,14-15,19H,3,5-6,9H2,1-2H3. The summed E-state index contributed by atoms with van der Waals surface area (Å²) < 4.78 is 5.65. The molecule has 4 atom stereocenters. The van der Waals surface area contributed by atoms with Crippen molar-refractivity contribution in [3.05, 3.63) is 28.8 Å². The molecule has 1 N–H and O–H groups in total. The lowest BCUT2D eigenvalue weighted by Gasteiger charge is -2.47. The van der Waals surface area contributed by atoms with Crippen molar-refractivity contribution in [2.24, 2.45) is 0 Å². The first kappa shape index (κ1) is 14.2. The number of rotatable bonds is 1. The van der Waals surface area contributed by atoms with Crippen LogP contribution in [0.5, 0.6) is 5.75 Å². The Morgan fingerprint density at radius 3 is 2.65 bits per heavy atom. The van der Waals surface area contributed by atoms with Crippen molar-refractivity contribution < 1.29 is 9.84 Å². The van der Waals surface area contributed by atoms with Gasteiger partial charge in [0.15, 0.2) is 0 Å². The summed E-state index contributed by atoms with van der Waals surface area (Å²) in [5.41, 5.74) is 1.02. The first-order chi connectivity index (χ1) is 9.59. The van der Waals surface area contributed by atoms with Gasteiger partial charge >= 0.3 is 0 Å². The summed E-state index contributed by atoms with van der Waals surface area (Å²) in [6.45, 7) is 4.82. The lowest BCUT2D eigenvalue weighted by Crippen LogP contribution is -2.51. The number of ether oxygens (including phenoxy) is 1. The van der Waals surface area contributed by atoms with Gasteiger partial charge in [-0.15, -0.1) is 0 Å². The summed E-state index contributed by atoms with van der Waals surface area (Å²) in [5, 5.41) is 11.1. The minimum Gasteiger partial charge on any atom is -0.489 e. The van der Waals surface area contributed by atoms with Gasteiger partial charge in [0.2, 0.25) is 0 Å². The van der Waals surface area contributed by atoms with Crippen molar-refractivity contribution in [2.45, 2.75) is 57.3 Å². The number of benzene rings is 1. The van der Waals surface area contributed by atoms with Gasteiger partial charge in [0.05, 0.1) is 11.1 Å². The summed E-state index contributed by atoms with van der Waals surface area (Å²) in [6.07, 6.45) is 3.14. The van der Waals surface area contributed by atoms with E-state index in [1.807, 2.05) is 18.2 Å². The van der Waals surface area contributed by atoms with Crippen LogP contribution in [0.4, 0.5) is 0 Å². The number of halogens is 1. The molecule has 0 aliphatic carbocycles. The molecular weight excluding hydrogens is 274 g/mol. The Balaban J connectivity index is 2.02. The molecule has 20 heavy (non-hydrogen) atoms. The maximum absolute atomic E-state index is 10.5. The van der Waals surface area contributed by atoms with Gasteiger partial charge in [-0.3, -0.25) is 4.90 Å². The van der Waals surface area contributed by atoms with Crippen LogP contribution in [0.25, 0.3) is 0 Å². The molecular formula is C16H22ClNO2. The van der Waals surface area contributed by atoms with Crippen molar-refractivity contribution in [1.82, 2.24) is 4.90 Å². The fourth-order valence-corrected chi connectivity index (χ4v) is 3.96. The van der Waals surface area contributed by atoms with Crippen LogP contribution in [0.3, 0.4) is 0 Å². The van der Waals surface area contributed by atoms with Gasteiger partial charge in [-0.25, -0.2) is 0 Å². The van der Waals surface area contributed by atoms with Crippen LogP contribution in [-0.2, 0) is 0 Å². The number of aliphatic hydroxyl groups excluding tert-OH is 1. The van der Waals surface area contributed by atoms with Gasteiger partial charge in [-0.2, -0.15) is 0 Å². The van der Waals surface area contributed by atoms with E-state index in [0.717, 1.165) is 11.3 Å². The zero-order valence-electron chi connectivity index (χ0n) is 12.1. The average Bonchev–Trinajstić information content (AvgIpc) is 2.41. The SMILES string of the molecule is CC1CCCC(C)N1C1c2cccc(Cl)c2OCC1O. The molecule has 0 bridgehead atoms. The molecule has 1 fully saturated rings. The van der Waals surface area contributed by atoms with Crippen LogP contribution in [0.1, 0.15) is 44.7 Å². The van der Waals surface area contributed by atoms with Gasteiger partial charge in [0, 0.05) is 17.6 Å². The molecule has 110 valence electrons. The third-order valence-electron chi connectivity index (χ3n) is 4.66. The van der Waals surface area contributed by atoms with Gasteiger partial charge in [0.25, 0.3) is 0 Å². The Hall–Kier alpha value is -0.770. The number of nitrogens with zero attached hydrogens (tertiary/aromatic N) is 1. The molecule has 2 heterocycles. The van der Waals surface area contributed by atoms with Crippen LogP contribution in [0.15, 0.2) is 18.2 Å². The highest BCUT2D eigenvalue weighted by atomic mass is 35.5. The molecule has 0 spiro atoms. The zero-order chi connectivity index (χ0) is 14.3. The van der Waals surface area contributed by atoms with Crippen molar-refractivity contribution in [1.29, 1.82) is 0 Å². The molecule has 2 aliphatic rings. The maximum Gasteiger partial charge on any atom is 0.142 e. The summed E-state index contributed by atoms with van der Waals surface area (Å²) in [7, 11) is 0. The largest absolute Gasteiger partial charge is 0.489 e. The molecule has 0 radical (unpaired) electrons. The Morgan fingerprint density at radius 2 is 1.95 bits per heavy atom. The van der Waals surface area contributed by atoms with Crippen molar-refractivity contribution in [3.63, 3.8) is 0 Å². The van der Waals surface area contributed by atoms with Crippen LogP contribution in [0.2, 0.25) is 5.02 Å². The zero-order valence-corrected chi connectivity index (χ0v) is 12.8. The molecule has 4 unspecified atom stereocenters. The first-order valence-electron chi connectivity index (χ1n) is 7.46. The van der Waals surface area contributed by atoms with E-state index >= 15 is 0 Å². The van der Waals surface area contributed by atoms with E-state index in [2.05, 4.69) is 18.7 Å². The number of para-hydroxylation sites is 1. The van der Waals surface area contributed by atoms with Crippen LogP contribution < -0.4 is 4.74 Å². The summed E-state index contributed by atoms with van der Waals surface area (Å²) in [4.78, 5) is 2.45. The van der Waals surface area contributed by atoms with Crippen molar-refractivity contribution in [3.8, 4) is 5.75 Å². The predicted molar refractivity (Wildman–Crippen MR) is 80.3 cm³/mol. The number of hydrogen-bond donors (Lipinski definition) is 1. The highest BCUT2D eigenvalue weighted by molar-refractivity contribution is 6.32. The van der Waals surface area contributed by atoms with Crippen LogP contribution >= 0.6 is 11.6 Å². The molecule has 0 amide bonds. The smallest absolute Gasteiger partial charge is 0.142 e. The molecule has 1 aromatic rings.